The smallest absolute Gasteiger partial charge is 0.280 e. The third-order valence-electron chi connectivity index (χ3n) is 5.15. The van der Waals surface area contributed by atoms with E-state index < -0.39 is 10.5 Å². The second-order valence-corrected chi connectivity index (χ2v) is 8.56. The van der Waals surface area contributed by atoms with Crippen molar-refractivity contribution in [2.24, 2.45) is 5.92 Å². The van der Waals surface area contributed by atoms with Gasteiger partial charge >= 0.3 is 0 Å². The molecule has 1 fully saturated rings. The predicted octanol–water partition coefficient (Wildman–Crippen LogP) is 2.53. The molecule has 3 N–H and O–H groups in total. The van der Waals surface area contributed by atoms with Crippen molar-refractivity contribution in [3.63, 3.8) is 0 Å². The Bertz CT molecular complexity index is 1240. The van der Waals surface area contributed by atoms with Crippen LogP contribution in [0.25, 0.3) is 11.2 Å². The van der Waals surface area contributed by atoms with Crippen LogP contribution in [0.4, 0.5) is 11.6 Å². The monoisotopic (exact) mass is 489 g/mol. The van der Waals surface area contributed by atoms with Crippen LogP contribution in [-0.2, 0) is 9.53 Å². The highest BCUT2D eigenvalue weighted by Gasteiger charge is 2.28. The van der Waals surface area contributed by atoms with E-state index in [1.54, 1.807) is 18.4 Å². The van der Waals surface area contributed by atoms with Crippen molar-refractivity contribution in [2.75, 3.05) is 11.9 Å². The maximum Gasteiger partial charge on any atom is 0.280 e. The Labute approximate surface area is 197 Å². The number of H-pyrrole nitrogens is 1. The molecule has 180 valence electrons. The summed E-state index contributed by atoms with van der Waals surface area (Å²) >= 11 is 1.00. The zero-order valence-corrected chi connectivity index (χ0v) is 19.2. The van der Waals surface area contributed by atoms with E-state index in [-0.39, 0.29) is 41.3 Å². The van der Waals surface area contributed by atoms with Crippen LogP contribution >= 0.6 is 12.2 Å². The Hall–Kier alpha value is -3.49. The standard InChI is InChI=1S/C20H23N7O6S/c1-11(2)18(28)24-20-23-17-16(19(29)25-20)21-10-26(17)15-8-7-14(32-15)9-22-34-33-13-5-3-12(4-6-13)27(30)31/h3-6,10-11,14-15,22H,7-9H2,1-2H3,(H2,23,24,25,28,29). The number of hydrogen-bond donors (Lipinski definition) is 3. The molecule has 2 unspecified atom stereocenters. The first-order valence-corrected chi connectivity index (χ1v) is 11.3. The van der Waals surface area contributed by atoms with Crippen LogP contribution in [-0.4, -0.2) is 43.0 Å². The Morgan fingerprint density at radius 1 is 1.38 bits per heavy atom. The normalized spacial score (nSPS) is 17.9. The van der Waals surface area contributed by atoms with Gasteiger partial charge in [0.2, 0.25) is 11.9 Å². The van der Waals surface area contributed by atoms with Crippen LogP contribution in [0.2, 0.25) is 0 Å². The van der Waals surface area contributed by atoms with E-state index in [0.717, 1.165) is 18.6 Å². The lowest BCUT2D eigenvalue weighted by Gasteiger charge is -2.15. The molecule has 14 heteroatoms. The number of aromatic amines is 1. The largest absolute Gasteiger partial charge is 0.410 e. The molecule has 0 spiro atoms. The average Bonchev–Trinajstić information content (AvgIpc) is 3.44. The van der Waals surface area contributed by atoms with Gasteiger partial charge in [-0.3, -0.25) is 34.6 Å². The summed E-state index contributed by atoms with van der Waals surface area (Å²) in [7, 11) is 0. The van der Waals surface area contributed by atoms with Crippen molar-refractivity contribution in [3.05, 3.63) is 51.1 Å². The number of carbonyl (C=O) groups excluding carboxylic acids is 1. The second-order valence-electron chi connectivity index (χ2n) is 7.94. The summed E-state index contributed by atoms with van der Waals surface area (Å²) in [5.74, 6) is 0.0219. The van der Waals surface area contributed by atoms with Gasteiger partial charge in [-0.15, -0.1) is 0 Å². The molecule has 3 aromatic rings. The minimum absolute atomic E-state index is 0.00589. The maximum atomic E-state index is 12.4. The number of amides is 1. The summed E-state index contributed by atoms with van der Waals surface area (Å²) in [6.45, 7) is 3.97. The van der Waals surface area contributed by atoms with Gasteiger partial charge in [-0.2, -0.15) is 4.98 Å². The van der Waals surface area contributed by atoms with Crippen molar-refractivity contribution in [1.29, 1.82) is 0 Å². The van der Waals surface area contributed by atoms with E-state index in [9.17, 15) is 19.7 Å². The lowest BCUT2D eigenvalue weighted by atomic mass is 10.2. The molecule has 1 aromatic carbocycles. The fourth-order valence-corrected chi connectivity index (χ4v) is 3.85. The number of aromatic nitrogens is 4. The Morgan fingerprint density at radius 3 is 2.85 bits per heavy atom. The summed E-state index contributed by atoms with van der Waals surface area (Å²) in [5.41, 5.74) is 0.0458. The van der Waals surface area contributed by atoms with Gasteiger partial charge in [-0.1, -0.05) is 13.8 Å². The first-order valence-electron chi connectivity index (χ1n) is 10.6. The van der Waals surface area contributed by atoms with E-state index >= 15 is 0 Å². The highest BCUT2D eigenvalue weighted by molar-refractivity contribution is 7.93. The zero-order valence-electron chi connectivity index (χ0n) is 18.4. The SMILES string of the molecule is CC(C)C(=O)Nc1nc2c(ncn2C2CCC(CNSOc3ccc([N+](=O)[O-])cc3)O2)c(=O)[nH]1. The number of nitrogens with one attached hydrogen (secondary N) is 3. The van der Waals surface area contributed by atoms with Crippen LogP contribution in [0.1, 0.15) is 32.9 Å². The summed E-state index contributed by atoms with van der Waals surface area (Å²) in [6.07, 6.45) is 2.48. The first-order chi connectivity index (χ1) is 16.3. The number of carbonyl (C=O) groups is 1. The van der Waals surface area contributed by atoms with E-state index in [1.165, 1.54) is 30.6 Å². The van der Waals surface area contributed by atoms with Gasteiger partial charge < -0.3 is 8.92 Å². The van der Waals surface area contributed by atoms with Crippen molar-refractivity contribution in [1.82, 2.24) is 24.2 Å². The number of nitro benzene ring substituents is 1. The lowest BCUT2D eigenvalue weighted by Crippen LogP contribution is -2.23. The number of ether oxygens (including phenoxy) is 1. The van der Waals surface area contributed by atoms with E-state index in [2.05, 4.69) is 25.0 Å². The van der Waals surface area contributed by atoms with Crippen LogP contribution in [0.5, 0.6) is 5.75 Å². The predicted molar refractivity (Wildman–Crippen MR) is 124 cm³/mol. The van der Waals surface area contributed by atoms with Crippen molar-refractivity contribution in [2.45, 2.75) is 39.0 Å². The number of nitrogens with zero attached hydrogens (tertiary/aromatic N) is 4. The van der Waals surface area contributed by atoms with E-state index in [0.29, 0.717) is 24.4 Å². The van der Waals surface area contributed by atoms with Gasteiger partial charge in [-0.25, -0.2) is 9.71 Å². The van der Waals surface area contributed by atoms with Gasteiger partial charge in [0.25, 0.3) is 11.2 Å². The highest BCUT2D eigenvalue weighted by atomic mass is 32.2. The molecule has 2 aromatic heterocycles. The second kappa shape index (κ2) is 10.2. The Kier molecular flexibility index (Phi) is 7.09. The third-order valence-corrected chi connectivity index (χ3v) is 5.71. The van der Waals surface area contributed by atoms with Gasteiger partial charge in [0.05, 0.1) is 17.4 Å². The number of benzene rings is 1. The molecular weight excluding hydrogens is 466 g/mol. The van der Waals surface area contributed by atoms with Crippen molar-refractivity contribution < 1.29 is 18.6 Å². The van der Waals surface area contributed by atoms with Gasteiger partial charge in [-0.05, 0) is 25.0 Å². The lowest BCUT2D eigenvalue weighted by molar-refractivity contribution is -0.384. The van der Waals surface area contributed by atoms with Crippen LogP contribution in [0.15, 0.2) is 35.4 Å². The zero-order chi connectivity index (χ0) is 24.2. The Balaban J connectivity index is 1.33. The Morgan fingerprint density at radius 2 is 2.15 bits per heavy atom. The van der Waals surface area contributed by atoms with Gasteiger partial charge in [0.15, 0.2) is 11.2 Å². The summed E-state index contributed by atoms with van der Waals surface area (Å²) < 4.78 is 16.3. The quantitative estimate of drug-likeness (QED) is 0.134. The molecule has 0 radical (unpaired) electrons. The van der Waals surface area contributed by atoms with E-state index in [4.69, 9.17) is 8.92 Å². The fourth-order valence-electron chi connectivity index (χ4n) is 3.33. The molecule has 1 amide bonds. The molecule has 1 aliphatic heterocycles. The number of anilines is 1. The van der Waals surface area contributed by atoms with Gasteiger partial charge in [0, 0.05) is 24.6 Å². The maximum absolute atomic E-state index is 12.4. The first kappa shape index (κ1) is 23.7. The highest BCUT2D eigenvalue weighted by Crippen LogP contribution is 2.30. The number of rotatable bonds is 9. The van der Waals surface area contributed by atoms with Crippen LogP contribution in [0.3, 0.4) is 0 Å². The summed E-state index contributed by atoms with van der Waals surface area (Å²) in [5, 5.41) is 13.3. The molecule has 1 aliphatic rings. The molecule has 0 saturated carbocycles. The molecule has 13 nitrogen and oxygen atoms in total. The number of fused-ring (bicyclic) bond motifs is 1. The molecule has 2 atom stereocenters. The molecule has 0 bridgehead atoms. The molecular formula is C20H23N7O6S. The van der Waals surface area contributed by atoms with Crippen molar-refractivity contribution >= 4 is 40.9 Å². The molecule has 3 heterocycles. The summed E-state index contributed by atoms with van der Waals surface area (Å²) in [6, 6.07) is 5.78. The number of imidazole rings is 1. The fraction of sp³-hybridized carbons (Fsp3) is 0.400. The molecule has 4 rings (SSSR count). The summed E-state index contributed by atoms with van der Waals surface area (Å²) in [4.78, 5) is 45.6. The molecule has 34 heavy (non-hydrogen) atoms. The van der Waals surface area contributed by atoms with Gasteiger partial charge in [0.1, 0.15) is 24.2 Å². The molecule has 1 saturated heterocycles. The van der Waals surface area contributed by atoms with Crippen LogP contribution in [0, 0.1) is 16.0 Å². The minimum atomic E-state index is -0.472. The van der Waals surface area contributed by atoms with Crippen LogP contribution < -0.4 is 19.8 Å². The number of nitro groups is 1. The number of hydrogen-bond acceptors (Lipinski definition) is 10. The van der Waals surface area contributed by atoms with Crippen molar-refractivity contribution in [3.8, 4) is 5.75 Å². The van der Waals surface area contributed by atoms with E-state index in [1.807, 2.05) is 0 Å². The average molecular weight is 490 g/mol. The number of non-ortho nitro benzene ring substituents is 1. The minimum Gasteiger partial charge on any atom is -0.410 e. The third kappa shape index (κ3) is 5.35. The molecule has 0 aliphatic carbocycles. The topological polar surface area (TPSA) is 166 Å².